The first-order valence-corrected chi connectivity index (χ1v) is 6.26. The number of carbonyl (C=O) groups is 1. The van der Waals surface area contributed by atoms with Crippen LogP contribution in [-0.2, 0) is 0 Å². The molecule has 1 fully saturated rings. The van der Waals surface area contributed by atoms with E-state index in [9.17, 15) is 9.90 Å². The lowest BCUT2D eigenvalue weighted by molar-refractivity contribution is 0.0641. The van der Waals surface area contributed by atoms with Gasteiger partial charge in [0.2, 0.25) is 0 Å². The molecule has 1 aromatic carbocycles. The van der Waals surface area contributed by atoms with Crippen LogP contribution in [0.3, 0.4) is 0 Å². The number of nitrogens with zero attached hydrogens (tertiary/aromatic N) is 1. The van der Waals surface area contributed by atoms with Gasteiger partial charge in [0.15, 0.2) is 0 Å². The number of aromatic hydroxyl groups is 1. The molecule has 1 atom stereocenters. The Hall–Kier alpha value is -1.79. The number of nitrogens with two attached hydrogens (primary N) is 1. The molecule has 1 heterocycles. The molecule has 0 radical (unpaired) electrons. The molecular weight excluding hydrogens is 246 g/mol. The third kappa shape index (κ3) is 2.80. The molecule has 4 N–H and O–H groups in total. The number of phenolic OH excluding ortho intramolecular Hbond substituents is 1. The molecule has 0 aliphatic carbocycles. The summed E-state index contributed by atoms with van der Waals surface area (Å²) in [7, 11) is 1.51. The van der Waals surface area contributed by atoms with Crippen LogP contribution in [0.25, 0.3) is 0 Å². The molecule has 1 aliphatic heterocycles. The van der Waals surface area contributed by atoms with Gasteiger partial charge in [0.25, 0.3) is 5.91 Å². The molecule has 1 unspecified atom stereocenters. The van der Waals surface area contributed by atoms with Crippen LogP contribution in [0.4, 0.5) is 0 Å². The Kier molecular flexibility index (Phi) is 4.24. The minimum atomic E-state index is -0.197. The predicted molar refractivity (Wildman–Crippen MR) is 71.4 cm³/mol. The summed E-state index contributed by atoms with van der Waals surface area (Å²) in [4.78, 5) is 14.1. The lowest BCUT2D eigenvalue weighted by Crippen LogP contribution is -2.56. The van der Waals surface area contributed by atoms with Gasteiger partial charge in [-0.3, -0.25) is 4.79 Å². The Morgan fingerprint density at radius 1 is 1.63 bits per heavy atom. The zero-order valence-electron chi connectivity index (χ0n) is 10.9. The number of ether oxygens (including phenoxy) is 1. The normalized spacial score (nSPS) is 19.3. The molecule has 19 heavy (non-hydrogen) atoms. The minimum Gasteiger partial charge on any atom is -0.507 e. The quantitative estimate of drug-likeness (QED) is 0.703. The maximum atomic E-state index is 12.4. The summed E-state index contributed by atoms with van der Waals surface area (Å²) < 4.78 is 5.00. The molecule has 2 rings (SSSR count). The fraction of sp³-hybridized carbons (Fsp3) is 0.462. The summed E-state index contributed by atoms with van der Waals surface area (Å²) in [6.07, 6.45) is 0. The van der Waals surface area contributed by atoms with E-state index in [1.165, 1.54) is 13.2 Å². The number of piperazine rings is 1. The lowest BCUT2D eigenvalue weighted by atomic mass is 10.1. The SMILES string of the molecule is COc1ccc(C(=O)N2CCNCC2CN)c(O)c1. The van der Waals surface area contributed by atoms with E-state index >= 15 is 0 Å². The van der Waals surface area contributed by atoms with Crippen LogP contribution in [-0.4, -0.2) is 55.2 Å². The number of hydrogen-bond acceptors (Lipinski definition) is 5. The molecule has 0 saturated carbocycles. The average molecular weight is 265 g/mol. The van der Waals surface area contributed by atoms with E-state index in [1.807, 2.05) is 0 Å². The maximum Gasteiger partial charge on any atom is 0.257 e. The van der Waals surface area contributed by atoms with Crippen molar-refractivity contribution < 1.29 is 14.6 Å². The Bertz CT molecular complexity index is 464. The van der Waals surface area contributed by atoms with Crippen LogP contribution in [0, 0.1) is 0 Å². The van der Waals surface area contributed by atoms with Crippen LogP contribution < -0.4 is 15.8 Å². The summed E-state index contributed by atoms with van der Waals surface area (Å²) in [6, 6.07) is 4.63. The van der Waals surface area contributed by atoms with Crippen LogP contribution >= 0.6 is 0 Å². The number of nitrogens with one attached hydrogen (secondary N) is 1. The summed E-state index contributed by atoms with van der Waals surface area (Å²) >= 11 is 0. The van der Waals surface area contributed by atoms with Gasteiger partial charge < -0.3 is 25.8 Å². The van der Waals surface area contributed by atoms with Gasteiger partial charge in [-0.2, -0.15) is 0 Å². The molecule has 6 heteroatoms. The van der Waals surface area contributed by atoms with Crippen molar-refractivity contribution in [3.8, 4) is 11.5 Å². The van der Waals surface area contributed by atoms with Gasteiger partial charge in [-0.25, -0.2) is 0 Å². The number of methoxy groups -OCH3 is 1. The van der Waals surface area contributed by atoms with Crippen LogP contribution in [0.1, 0.15) is 10.4 Å². The second-order valence-corrected chi connectivity index (χ2v) is 4.48. The molecule has 6 nitrogen and oxygen atoms in total. The van der Waals surface area contributed by atoms with Crippen LogP contribution in [0.15, 0.2) is 18.2 Å². The van der Waals surface area contributed by atoms with Crippen LogP contribution in [0.5, 0.6) is 11.5 Å². The number of hydrogen-bond donors (Lipinski definition) is 3. The molecule has 0 bridgehead atoms. The number of carbonyl (C=O) groups excluding carboxylic acids is 1. The summed E-state index contributed by atoms with van der Waals surface area (Å²) in [5.41, 5.74) is 5.96. The van der Waals surface area contributed by atoms with Crippen molar-refractivity contribution >= 4 is 5.91 Å². The highest BCUT2D eigenvalue weighted by Gasteiger charge is 2.27. The molecule has 0 aromatic heterocycles. The molecule has 1 amide bonds. The molecule has 1 aliphatic rings. The van der Waals surface area contributed by atoms with Gasteiger partial charge in [-0.15, -0.1) is 0 Å². The van der Waals surface area contributed by atoms with Crippen molar-refractivity contribution in [1.29, 1.82) is 0 Å². The number of amides is 1. The first-order chi connectivity index (χ1) is 9.17. The van der Waals surface area contributed by atoms with E-state index in [-0.39, 0.29) is 23.3 Å². The third-order valence-electron chi connectivity index (χ3n) is 3.32. The largest absolute Gasteiger partial charge is 0.507 e. The standard InChI is InChI=1S/C13H19N3O3/c1-19-10-2-3-11(12(17)6-10)13(18)16-5-4-15-8-9(16)7-14/h2-3,6,9,15,17H,4-5,7-8,14H2,1H3. The van der Waals surface area contributed by atoms with E-state index in [0.717, 1.165) is 6.54 Å². The molecular formula is C13H19N3O3. The Balaban J connectivity index is 2.23. The van der Waals surface area contributed by atoms with Gasteiger partial charge in [-0.1, -0.05) is 0 Å². The topological polar surface area (TPSA) is 87.8 Å². The van der Waals surface area contributed by atoms with E-state index < -0.39 is 0 Å². The van der Waals surface area contributed by atoms with E-state index in [2.05, 4.69) is 5.32 Å². The molecule has 104 valence electrons. The highest BCUT2D eigenvalue weighted by atomic mass is 16.5. The summed E-state index contributed by atoms with van der Waals surface area (Å²) in [5.74, 6) is 0.250. The fourth-order valence-corrected chi connectivity index (χ4v) is 2.21. The Labute approximate surface area is 112 Å². The van der Waals surface area contributed by atoms with Gasteiger partial charge in [0, 0.05) is 32.2 Å². The number of rotatable bonds is 3. The van der Waals surface area contributed by atoms with Crippen molar-refractivity contribution in [3.05, 3.63) is 23.8 Å². The first kappa shape index (κ1) is 13.6. The Morgan fingerprint density at radius 3 is 3.05 bits per heavy atom. The highest BCUT2D eigenvalue weighted by Crippen LogP contribution is 2.25. The van der Waals surface area contributed by atoms with E-state index in [1.54, 1.807) is 17.0 Å². The predicted octanol–water partition coefficient (Wildman–Crippen LogP) is -0.226. The third-order valence-corrected chi connectivity index (χ3v) is 3.32. The maximum absolute atomic E-state index is 12.4. The lowest BCUT2D eigenvalue weighted by Gasteiger charge is -2.35. The zero-order chi connectivity index (χ0) is 13.8. The molecule has 1 aromatic rings. The first-order valence-electron chi connectivity index (χ1n) is 6.26. The Morgan fingerprint density at radius 2 is 2.42 bits per heavy atom. The monoisotopic (exact) mass is 265 g/mol. The summed E-state index contributed by atoms with van der Waals surface area (Å²) in [6.45, 7) is 2.40. The number of phenols is 1. The van der Waals surface area contributed by atoms with Gasteiger partial charge in [0.1, 0.15) is 11.5 Å². The van der Waals surface area contributed by atoms with Crippen LogP contribution in [0.2, 0.25) is 0 Å². The molecule has 1 saturated heterocycles. The number of benzene rings is 1. The second kappa shape index (κ2) is 5.90. The zero-order valence-corrected chi connectivity index (χ0v) is 10.9. The highest BCUT2D eigenvalue weighted by molar-refractivity contribution is 5.97. The van der Waals surface area contributed by atoms with E-state index in [0.29, 0.717) is 25.4 Å². The second-order valence-electron chi connectivity index (χ2n) is 4.48. The van der Waals surface area contributed by atoms with Crippen molar-refractivity contribution in [2.24, 2.45) is 5.73 Å². The van der Waals surface area contributed by atoms with E-state index in [4.69, 9.17) is 10.5 Å². The van der Waals surface area contributed by atoms with Gasteiger partial charge in [0.05, 0.1) is 18.7 Å². The smallest absolute Gasteiger partial charge is 0.257 e. The van der Waals surface area contributed by atoms with Gasteiger partial charge in [-0.05, 0) is 12.1 Å². The van der Waals surface area contributed by atoms with Crippen molar-refractivity contribution in [3.63, 3.8) is 0 Å². The van der Waals surface area contributed by atoms with Crippen molar-refractivity contribution in [2.75, 3.05) is 33.3 Å². The fourth-order valence-electron chi connectivity index (χ4n) is 2.21. The van der Waals surface area contributed by atoms with Crippen molar-refractivity contribution in [2.45, 2.75) is 6.04 Å². The average Bonchev–Trinajstić information content (AvgIpc) is 2.46. The van der Waals surface area contributed by atoms with Gasteiger partial charge >= 0.3 is 0 Å². The summed E-state index contributed by atoms with van der Waals surface area (Å²) in [5, 5.41) is 13.1. The minimum absolute atomic E-state index is 0.0391. The molecule has 0 spiro atoms. The van der Waals surface area contributed by atoms with Crippen molar-refractivity contribution in [1.82, 2.24) is 10.2 Å².